The van der Waals surface area contributed by atoms with Gasteiger partial charge in [-0.05, 0) is 17.9 Å². The molecule has 0 bridgehead atoms. The van der Waals surface area contributed by atoms with Crippen molar-refractivity contribution in [3.8, 4) is 0 Å². The lowest BCUT2D eigenvalue weighted by molar-refractivity contribution is -0.141. The number of nitrogens with zero attached hydrogens (tertiary/aromatic N) is 1. The molecule has 2 nitrogen and oxygen atoms in total. The molecule has 0 saturated heterocycles. The van der Waals surface area contributed by atoms with Crippen LogP contribution in [0.1, 0.15) is 37.6 Å². The minimum absolute atomic E-state index is 0.128. The van der Waals surface area contributed by atoms with Crippen LogP contribution in [0.3, 0.4) is 0 Å². The molecule has 1 heterocycles. The Kier molecular flexibility index (Phi) is 3.64. The van der Waals surface area contributed by atoms with Crippen LogP contribution in [0.4, 0.5) is 18.9 Å². The van der Waals surface area contributed by atoms with Crippen LogP contribution in [-0.2, 0) is 11.6 Å². The van der Waals surface area contributed by atoms with Crippen LogP contribution in [-0.4, -0.2) is 12.0 Å². The molecule has 1 aromatic carbocycles. The molecule has 0 atom stereocenters. The van der Waals surface area contributed by atoms with Crippen LogP contribution in [0, 0.1) is 6.92 Å². The van der Waals surface area contributed by atoms with Crippen LogP contribution in [0.25, 0.3) is 10.9 Å². The van der Waals surface area contributed by atoms with Gasteiger partial charge >= 0.3 is 6.18 Å². The number of alkyl halides is 3. The molecule has 0 aliphatic carbocycles. The van der Waals surface area contributed by atoms with Gasteiger partial charge in [0.05, 0.1) is 5.52 Å². The van der Waals surface area contributed by atoms with E-state index in [1.54, 1.807) is 13.1 Å². The number of fused-ring (bicyclic) bond motifs is 1. The molecule has 2 aromatic rings. The molecule has 1 N–H and O–H groups in total. The predicted molar refractivity (Wildman–Crippen MR) is 79.7 cm³/mol. The van der Waals surface area contributed by atoms with Gasteiger partial charge in [0.25, 0.3) is 0 Å². The van der Waals surface area contributed by atoms with Crippen molar-refractivity contribution in [3.05, 3.63) is 35.0 Å². The van der Waals surface area contributed by atoms with Crippen molar-refractivity contribution in [1.82, 2.24) is 4.98 Å². The zero-order chi connectivity index (χ0) is 16.0. The fourth-order valence-electron chi connectivity index (χ4n) is 2.59. The largest absolute Gasteiger partial charge is 0.433 e. The number of rotatable bonds is 1. The number of benzene rings is 1. The second kappa shape index (κ2) is 4.90. The van der Waals surface area contributed by atoms with Crippen molar-refractivity contribution < 1.29 is 13.2 Å². The van der Waals surface area contributed by atoms with E-state index in [-0.39, 0.29) is 11.0 Å². The lowest BCUT2D eigenvalue weighted by Crippen LogP contribution is -2.16. The van der Waals surface area contributed by atoms with E-state index in [2.05, 4.69) is 10.3 Å². The molecule has 21 heavy (non-hydrogen) atoms. The van der Waals surface area contributed by atoms with Gasteiger partial charge in [-0.2, -0.15) is 13.2 Å². The fourth-order valence-corrected chi connectivity index (χ4v) is 2.59. The lowest BCUT2D eigenvalue weighted by Gasteiger charge is -2.23. The van der Waals surface area contributed by atoms with Crippen LogP contribution in [0.15, 0.2) is 18.2 Å². The van der Waals surface area contributed by atoms with Crippen LogP contribution in [0.2, 0.25) is 0 Å². The topological polar surface area (TPSA) is 24.9 Å². The molecule has 2 rings (SSSR count). The van der Waals surface area contributed by atoms with Gasteiger partial charge in [0.1, 0.15) is 5.69 Å². The Hall–Kier alpha value is -1.78. The van der Waals surface area contributed by atoms with E-state index in [1.807, 2.05) is 32.9 Å². The third kappa shape index (κ3) is 2.69. The maximum absolute atomic E-state index is 13.2. The molecular formula is C16H19F3N2. The summed E-state index contributed by atoms with van der Waals surface area (Å²) in [5.74, 6) is 0. The van der Waals surface area contributed by atoms with Crippen LogP contribution in [0.5, 0.6) is 0 Å². The number of halogens is 3. The van der Waals surface area contributed by atoms with E-state index in [4.69, 9.17) is 0 Å². The van der Waals surface area contributed by atoms with Crippen molar-refractivity contribution in [2.45, 2.75) is 39.3 Å². The normalized spacial score (nSPS) is 12.8. The Bertz CT molecular complexity index is 682. The molecular weight excluding hydrogens is 277 g/mol. The second-order valence-corrected chi connectivity index (χ2v) is 6.16. The summed E-state index contributed by atoms with van der Waals surface area (Å²) in [6, 6.07) is 5.50. The van der Waals surface area contributed by atoms with E-state index in [1.165, 1.54) is 6.92 Å². The second-order valence-electron chi connectivity index (χ2n) is 6.16. The predicted octanol–water partition coefficient (Wildman–Crippen LogP) is 4.90. The Morgan fingerprint density at radius 3 is 2.19 bits per heavy atom. The van der Waals surface area contributed by atoms with Crippen molar-refractivity contribution in [2.24, 2.45) is 0 Å². The number of hydrogen-bond donors (Lipinski definition) is 1. The summed E-state index contributed by atoms with van der Waals surface area (Å²) in [5, 5.41) is 3.61. The van der Waals surface area contributed by atoms with Crippen molar-refractivity contribution in [3.63, 3.8) is 0 Å². The van der Waals surface area contributed by atoms with Crippen molar-refractivity contribution in [2.75, 3.05) is 12.4 Å². The minimum Gasteiger partial charge on any atom is -0.387 e. The quantitative estimate of drug-likeness (QED) is 0.809. The highest BCUT2D eigenvalue weighted by Gasteiger charge is 2.36. The SMILES string of the molecule is CNc1c(C)c(C(F)(F)F)nc2c(C(C)(C)C)cccc12. The molecule has 1 aromatic heterocycles. The summed E-state index contributed by atoms with van der Waals surface area (Å²) in [5.41, 5.74) is 0.725. The molecule has 114 valence electrons. The van der Waals surface area contributed by atoms with Gasteiger partial charge in [-0.1, -0.05) is 39.0 Å². The van der Waals surface area contributed by atoms with Crippen LogP contribution < -0.4 is 5.32 Å². The smallest absolute Gasteiger partial charge is 0.387 e. The Labute approximate surface area is 122 Å². The summed E-state index contributed by atoms with van der Waals surface area (Å²) in [7, 11) is 1.63. The Balaban J connectivity index is 2.96. The summed E-state index contributed by atoms with van der Waals surface area (Å²) in [4.78, 5) is 3.96. The molecule has 0 spiro atoms. The van der Waals surface area contributed by atoms with Crippen molar-refractivity contribution in [1.29, 1.82) is 0 Å². The number of aromatic nitrogens is 1. The van der Waals surface area contributed by atoms with Crippen molar-refractivity contribution >= 4 is 16.6 Å². The first-order chi connectivity index (χ1) is 9.57. The monoisotopic (exact) mass is 296 g/mol. The standard InChI is InChI=1S/C16H19F3N2/c1-9-12(20-5)10-7-6-8-11(15(2,3)4)13(10)21-14(9)16(17,18)19/h6-8H,1-5H3,(H,20,21). The summed E-state index contributed by atoms with van der Waals surface area (Å²) in [6.07, 6.45) is -4.46. The maximum Gasteiger partial charge on any atom is 0.433 e. The summed E-state index contributed by atoms with van der Waals surface area (Å²) < 4.78 is 39.7. The number of hydrogen-bond acceptors (Lipinski definition) is 2. The van der Waals surface area contributed by atoms with Gasteiger partial charge in [0.2, 0.25) is 0 Å². The number of nitrogens with one attached hydrogen (secondary N) is 1. The zero-order valence-electron chi connectivity index (χ0n) is 12.8. The number of para-hydroxylation sites is 1. The third-order valence-corrected chi connectivity index (χ3v) is 3.59. The maximum atomic E-state index is 13.2. The highest BCUT2D eigenvalue weighted by Crippen LogP contribution is 2.39. The molecule has 0 aliphatic heterocycles. The minimum atomic E-state index is -4.46. The first kappa shape index (κ1) is 15.6. The first-order valence-corrected chi connectivity index (χ1v) is 6.76. The van der Waals surface area contributed by atoms with E-state index >= 15 is 0 Å². The molecule has 0 saturated carbocycles. The summed E-state index contributed by atoms with van der Waals surface area (Å²) >= 11 is 0. The van der Waals surface area contributed by atoms with Gasteiger partial charge < -0.3 is 5.32 Å². The van der Waals surface area contributed by atoms with Gasteiger partial charge in [-0.25, -0.2) is 4.98 Å². The van der Waals surface area contributed by atoms with Gasteiger partial charge in [0.15, 0.2) is 0 Å². The number of anilines is 1. The molecule has 0 unspecified atom stereocenters. The molecule has 0 fully saturated rings. The van der Waals surface area contributed by atoms with Gasteiger partial charge in [0, 0.05) is 23.7 Å². The summed E-state index contributed by atoms with van der Waals surface area (Å²) in [6.45, 7) is 7.35. The molecule has 0 radical (unpaired) electrons. The third-order valence-electron chi connectivity index (χ3n) is 3.59. The highest BCUT2D eigenvalue weighted by atomic mass is 19.4. The van der Waals surface area contributed by atoms with E-state index in [9.17, 15) is 13.2 Å². The molecule has 0 amide bonds. The molecule has 0 aliphatic rings. The number of pyridine rings is 1. The van der Waals surface area contributed by atoms with Crippen LogP contribution >= 0.6 is 0 Å². The average molecular weight is 296 g/mol. The average Bonchev–Trinajstić information content (AvgIpc) is 2.34. The first-order valence-electron chi connectivity index (χ1n) is 6.76. The fraction of sp³-hybridized carbons (Fsp3) is 0.438. The van der Waals surface area contributed by atoms with E-state index < -0.39 is 11.9 Å². The van der Waals surface area contributed by atoms with E-state index in [0.717, 1.165) is 10.9 Å². The highest BCUT2D eigenvalue weighted by molar-refractivity contribution is 5.95. The molecule has 5 heteroatoms. The zero-order valence-corrected chi connectivity index (χ0v) is 12.8. The Morgan fingerprint density at radius 2 is 1.71 bits per heavy atom. The van der Waals surface area contributed by atoms with E-state index in [0.29, 0.717) is 11.2 Å². The lowest BCUT2D eigenvalue weighted by atomic mass is 9.85. The van der Waals surface area contributed by atoms with Gasteiger partial charge in [-0.3, -0.25) is 0 Å². The Morgan fingerprint density at radius 1 is 1.10 bits per heavy atom. The van der Waals surface area contributed by atoms with Gasteiger partial charge in [-0.15, -0.1) is 0 Å².